The average molecular weight is 308 g/mol. The molecule has 2 fully saturated rings. The van der Waals surface area contributed by atoms with Crippen LogP contribution in [0.3, 0.4) is 0 Å². The van der Waals surface area contributed by atoms with Crippen LogP contribution in [0.1, 0.15) is 38.2 Å². The summed E-state index contributed by atoms with van der Waals surface area (Å²) in [7, 11) is 0. The number of carbonyl (C=O) groups excluding carboxylic acids is 1. The molecule has 22 heavy (non-hydrogen) atoms. The quantitative estimate of drug-likeness (QED) is 0.897. The molecule has 1 amide bonds. The maximum atomic E-state index is 14.0. The summed E-state index contributed by atoms with van der Waals surface area (Å²) in [6, 6.07) is 4.07. The van der Waals surface area contributed by atoms with Crippen LogP contribution in [0, 0.1) is 17.6 Å². The molecule has 1 saturated heterocycles. The molecule has 3 rings (SSSR count). The van der Waals surface area contributed by atoms with Crippen LogP contribution in [0.4, 0.5) is 8.78 Å². The molecule has 5 heteroatoms. The van der Waals surface area contributed by atoms with Crippen LogP contribution in [0.15, 0.2) is 18.2 Å². The lowest BCUT2D eigenvalue weighted by molar-refractivity contribution is -0.126. The van der Waals surface area contributed by atoms with Gasteiger partial charge in [-0.1, -0.05) is 6.07 Å². The fraction of sp³-hybridized carbons (Fsp3) is 0.588. The fourth-order valence-electron chi connectivity index (χ4n) is 3.38. The van der Waals surface area contributed by atoms with Crippen LogP contribution in [0.5, 0.6) is 0 Å². The predicted octanol–water partition coefficient (Wildman–Crippen LogP) is 2.50. The summed E-state index contributed by atoms with van der Waals surface area (Å²) in [5.41, 5.74) is 0.180. The van der Waals surface area contributed by atoms with E-state index < -0.39 is 11.6 Å². The molecule has 1 saturated carbocycles. The van der Waals surface area contributed by atoms with E-state index in [4.69, 9.17) is 0 Å². The van der Waals surface area contributed by atoms with Gasteiger partial charge in [0.05, 0.1) is 0 Å². The minimum atomic E-state index is -0.565. The highest BCUT2D eigenvalue weighted by atomic mass is 19.1. The zero-order chi connectivity index (χ0) is 15.7. The molecule has 2 aliphatic rings. The van der Waals surface area contributed by atoms with Gasteiger partial charge in [-0.2, -0.15) is 0 Å². The van der Waals surface area contributed by atoms with Crippen molar-refractivity contribution in [2.24, 2.45) is 5.92 Å². The fourth-order valence-corrected chi connectivity index (χ4v) is 3.38. The molecule has 1 aromatic carbocycles. The normalized spacial score (nSPS) is 26.5. The monoisotopic (exact) mass is 308 g/mol. The van der Waals surface area contributed by atoms with Gasteiger partial charge in [0.1, 0.15) is 11.6 Å². The van der Waals surface area contributed by atoms with Gasteiger partial charge in [-0.3, -0.25) is 4.79 Å². The smallest absolute Gasteiger partial charge is 0.223 e. The molecular formula is C17H22F2N2O. The minimum absolute atomic E-state index is 0.0325. The summed E-state index contributed by atoms with van der Waals surface area (Å²) in [6.45, 7) is 3.37. The Balaban J connectivity index is 1.62. The third kappa shape index (κ3) is 3.14. The first-order valence-electron chi connectivity index (χ1n) is 7.97. The Hall–Kier alpha value is -1.49. The van der Waals surface area contributed by atoms with Crippen molar-refractivity contribution in [2.75, 3.05) is 13.1 Å². The molecule has 0 spiro atoms. The molecule has 2 atom stereocenters. The largest absolute Gasteiger partial charge is 0.355 e. The first-order valence-corrected chi connectivity index (χ1v) is 7.97. The van der Waals surface area contributed by atoms with E-state index in [1.54, 1.807) is 0 Å². The number of hydrogen-bond donors (Lipinski definition) is 2. The van der Waals surface area contributed by atoms with Crippen LogP contribution in [-0.4, -0.2) is 25.0 Å². The molecule has 1 heterocycles. The van der Waals surface area contributed by atoms with Crippen molar-refractivity contribution in [1.29, 1.82) is 0 Å². The molecule has 1 aliphatic heterocycles. The van der Waals surface area contributed by atoms with Crippen LogP contribution in [0.25, 0.3) is 0 Å². The Morgan fingerprint density at radius 2 is 2.18 bits per heavy atom. The first kappa shape index (κ1) is 15.4. The Labute approximate surface area is 129 Å². The summed E-state index contributed by atoms with van der Waals surface area (Å²) in [4.78, 5) is 12.3. The second-order valence-corrected chi connectivity index (χ2v) is 6.70. The summed E-state index contributed by atoms with van der Waals surface area (Å²) in [6.07, 6.45) is 3.34. The van der Waals surface area contributed by atoms with Crippen LogP contribution in [-0.2, 0) is 10.2 Å². The standard InChI is InChI=1S/C17H22F2N2O/c1-11-8-12(4-7-20-11)16(22)21-10-17(5-6-17)14-3-2-13(18)9-15(14)19/h2-3,9,11-12,20H,4-8,10H2,1H3,(H,21,22)/t11-,12-/m0/s1. The van der Waals surface area contributed by atoms with Gasteiger partial charge in [0.15, 0.2) is 0 Å². The van der Waals surface area contributed by atoms with E-state index in [9.17, 15) is 13.6 Å². The zero-order valence-electron chi connectivity index (χ0n) is 12.8. The Morgan fingerprint density at radius 1 is 1.41 bits per heavy atom. The van der Waals surface area contributed by atoms with E-state index in [1.165, 1.54) is 12.1 Å². The summed E-state index contributed by atoms with van der Waals surface area (Å²) >= 11 is 0. The molecule has 0 aromatic heterocycles. The third-order valence-corrected chi connectivity index (χ3v) is 4.95. The van der Waals surface area contributed by atoms with Gasteiger partial charge in [-0.05, 0) is 50.8 Å². The van der Waals surface area contributed by atoms with Gasteiger partial charge in [0, 0.05) is 30.0 Å². The maximum absolute atomic E-state index is 14.0. The van der Waals surface area contributed by atoms with Crippen molar-refractivity contribution in [3.8, 4) is 0 Å². The van der Waals surface area contributed by atoms with Crippen molar-refractivity contribution >= 4 is 5.91 Å². The average Bonchev–Trinajstić information content (AvgIpc) is 3.25. The lowest BCUT2D eigenvalue weighted by atomic mass is 9.91. The van der Waals surface area contributed by atoms with Crippen LogP contribution >= 0.6 is 0 Å². The maximum Gasteiger partial charge on any atom is 0.223 e. The second-order valence-electron chi connectivity index (χ2n) is 6.70. The number of amides is 1. The highest BCUT2D eigenvalue weighted by Gasteiger charge is 2.46. The molecule has 0 unspecified atom stereocenters. The molecule has 1 aliphatic carbocycles. The van der Waals surface area contributed by atoms with Crippen molar-refractivity contribution in [3.05, 3.63) is 35.4 Å². The molecule has 0 radical (unpaired) electrons. The van der Waals surface area contributed by atoms with E-state index in [2.05, 4.69) is 17.6 Å². The van der Waals surface area contributed by atoms with Gasteiger partial charge in [0.2, 0.25) is 5.91 Å². The van der Waals surface area contributed by atoms with Crippen LogP contribution in [0.2, 0.25) is 0 Å². The number of halogens is 2. The molecule has 1 aromatic rings. The number of benzene rings is 1. The van der Waals surface area contributed by atoms with Gasteiger partial charge in [-0.25, -0.2) is 8.78 Å². The molecule has 2 N–H and O–H groups in total. The van der Waals surface area contributed by atoms with E-state index in [0.717, 1.165) is 38.3 Å². The van der Waals surface area contributed by atoms with E-state index >= 15 is 0 Å². The van der Waals surface area contributed by atoms with E-state index in [1.807, 2.05) is 0 Å². The van der Waals surface area contributed by atoms with Gasteiger partial charge in [0.25, 0.3) is 0 Å². The predicted molar refractivity (Wildman–Crippen MR) is 80.5 cm³/mol. The summed E-state index contributed by atoms with van der Waals surface area (Å²) < 4.78 is 27.0. The number of nitrogens with one attached hydrogen (secondary N) is 2. The number of piperidine rings is 1. The zero-order valence-corrected chi connectivity index (χ0v) is 12.8. The van der Waals surface area contributed by atoms with E-state index in [0.29, 0.717) is 18.2 Å². The topological polar surface area (TPSA) is 41.1 Å². The molecule has 3 nitrogen and oxygen atoms in total. The van der Waals surface area contributed by atoms with E-state index in [-0.39, 0.29) is 17.2 Å². The molecule has 0 bridgehead atoms. The van der Waals surface area contributed by atoms with Crippen LogP contribution < -0.4 is 10.6 Å². The van der Waals surface area contributed by atoms with Gasteiger partial charge >= 0.3 is 0 Å². The lowest BCUT2D eigenvalue weighted by Crippen LogP contribution is -2.44. The number of rotatable bonds is 4. The van der Waals surface area contributed by atoms with Gasteiger partial charge < -0.3 is 10.6 Å². The third-order valence-electron chi connectivity index (χ3n) is 4.95. The highest BCUT2D eigenvalue weighted by Crippen LogP contribution is 2.48. The Bertz CT molecular complexity index is 572. The second kappa shape index (κ2) is 5.95. The van der Waals surface area contributed by atoms with Crippen molar-refractivity contribution in [1.82, 2.24) is 10.6 Å². The highest BCUT2D eigenvalue weighted by molar-refractivity contribution is 5.79. The lowest BCUT2D eigenvalue weighted by Gasteiger charge is -2.28. The SMILES string of the molecule is C[C@H]1C[C@@H](C(=O)NCC2(c3ccc(F)cc3F)CC2)CCN1. The first-order chi connectivity index (χ1) is 10.5. The van der Waals surface area contributed by atoms with Crippen molar-refractivity contribution in [2.45, 2.75) is 44.1 Å². The molecular weight excluding hydrogens is 286 g/mol. The van der Waals surface area contributed by atoms with Gasteiger partial charge in [-0.15, -0.1) is 0 Å². The number of carbonyl (C=O) groups is 1. The minimum Gasteiger partial charge on any atom is -0.355 e. The Morgan fingerprint density at radius 3 is 2.82 bits per heavy atom. The summed E-state index contributed by atoms with van der Waals surface area (Å²) in [5, 5.41) is 6.31. The number of hydrogen-bond acceptors (Lipinski definition) is 2. The van der Waals surface area contributed by atoms with Crippen molar-refractivity contribution in [3.63, 3.8) is 0 Å². The summed E-state index contributed by atoms with van der Waals surface area (Å²) in [5.74, 6) is -0.987. The Kier molecular flexibility index (Phi) is 4.17. The van der Waals surface area contributed by atoms with Crippen molar-refractivity contribution < 1.29 is 13.6 Å². The molecule has 120 valence electrons.